The van der Waals surface area contributed by atoms with Gasteiger partial charge in [-0.2, -0.15) is 0 Å². The number of aromatic nitrogens is 2. The van der Waals surface area contributed by atoms with Crippen molar-refractivity contribution < 1.29 is 18.8 Å². The largest absolute Gasteiger partial charge is 0.466 e. The van der Waals surface area contributed by atoms with Gasteiger partial charge in [0.1, 0.15) is 17.1 Å². The molecule has 7 nitrogen and oxygen atoms in total. The number of rotatable bonds is 6. The van der Waals surface area contributed by atoms with Gasteiger partial charge in [-0.1, -0.05) is 35.0 Å². The molecule has 0 bridgehead atoms. The molecule has 7 heteroatoms. The monoisotopic (exact) mass is 433 g/mol. The third-order valence-electron chi connectivity index (χ3n) is 5.99. The number of carbonyl (C=O) groups is 2. The van der Waals surface area contributed by atoms with Gasteiger partial charge in [0.05, 0.1) is 12.0 Å². The van der Waals surface area contributed by atoms with Gasteiger partial charge in [-0.05, 0) is 44.9 Å². The molecule has 1 aliphatic rings. The molecule has 0 aliphatic carbocycles. The summed E-state index contributed by atoms with van der Waals surface area (Å²) < 4.78 is 11.0. The number of aryl methyl sites for hydroxylation is 1. The van der Waals surface area contributed by atoms with Gasteiger partial charge >= 0.3 is 5.97 Å². The molecule has 0 N–H and O–H groups in total. The maximum atomic E-state index is 13.0. The lowest BCUT2D eigenvalue weighted by Crippen LogP contribution is -2.48. The molecule has 1 aromatic carbocycles. The standard InChI is InChI=1S/C25H27N3O4/c1-3-31-24(30)25(10-13-28(14-11-25)23(29)21-9-4-5-12-26-21)17-20-16-22(27-32-20)19-8-6-7-18(2)15-19/h4-9,12,15-16H,3,10-11,13-14,17H2,1-2H3. The minimum Gasteiger partial charge on any atom is -0.466 e. The van der Waals surface area contributed by atoms with E-state index in [0.29, 0.717) is 50.4 Å². The second-order valence-electron chi connectivity index (χ2n) is 8.23. The summed E-state index contributed by atoms with van der Waals surface area (Å²) in [7, 11) is 0. The smallest absolute Gasteiger partial charge is 0.312 e. The lowest BCUT2D eigenvalue weighted by atomic mass is 9.74. The van der Waals surface area contributed by atoms with E-state index in [1.165, 1.54) is 0 Å². The molecular weight excluding hydrogens is 406 g/mol. The van der Waals surface area contributed by atoms with Crippen LogP contribution in [-0.4, -0.2) is 46.6 Å². The highest BCUT2D eigenvalue weighted by Crippen LogP contribution is 2.38. The van der Waals surface area contributed by atoms with Crippen molar-refractivity contribution in [2.75, 3.05) is 19.7 Å². The van der Waals surface area contributed by atoms with E-state index in [1.54, 1.807) is 36.2 Å². The van der Waals surface area contributed by atoms with E-state index in [0.717, 1.165) is 16.8 Å². The number of carbonyl (C=O) groups excluding carboxylic acids is 2. The Morgan fingerprint density at radius 1 is 1.12 bits per heavy atom. The van der Waals surface area contributed by atoms with Gasteiger partial charge in [0.25, 0.3) is 5.91 Å². The highest BCUT2D eigenvalue weighted by molar-refractivity contribution is 5.92. The van der Waals surface area contributed by atoms with Gasteiger partial charge in [-0.15, -0.1) is 0 Å². The molecule has 1 saturated heterocycles. The van der Waals surface area contributed by atoms with Gasteiger partial charge in [0.15, 0.2) is 0 Å². The van der Waals surface area contributed by atoms with Crippen molar-refractivity contribution in [3.05, 3.63) is 71.7 Å². The number of likely N-dealkylation sites (tertiary alicyclic amines) is 1. The van der Waals surface area contributed by atoms with Crippen LogP contribution < -0.4 is 0 Å². The van der Waals surface area contributed by atoms with Crippen molar-refractivity contribution in [3.8, 4) is 11.3 Å². The van der Waals surface area contributed by atoms with E-state index >= 15 is 0 Å². The molecule has 0 unspecified atom stereocenters. The molecule has 0 saturated carbocycles. The number of esters is 1. The molecule has 3 heterocycles. The van der Waals surface area contributed by atoms with Crippen LogP contribution in [-0.2, 0) is 16.0 Å². The van der Waals surface area contributed by atoms with Crippen LogP contribution in [0.25, 0.3) is 11.3 Å². The Balaban J connectivity index is 1.51. The Kier molecular flexibility index (Phi) is 6.35. The lowest BCUT2D eigenvalue weighted by molar-refractivity contribution is -0.158. The van der Waals surface area contributed by atoms with Crippen molar-refractivity contribution >= 4 is 11.9 Å². The summed E-state index contributed by atoms with van der Waals surface area (Å²) in [6, 6.07) is 15.2. The number of nitrogens with zero attached hydrogens (tertiary/aromatic N) is 3. The molecule has 4 rings (SSSR count). The van der Waals surface area contributed by atoms with E-state index < -0.39 is 5.41 Å². The molecule has 3 aromatic rings. The van der Waals surface area contributed by atoms with E-state index in [9.17, 15) is 9.59 Å². The van der Waals surface area contributed by atoms with E-state index in [2.05, 4.69) is 10.1 Å². The lowest BCUT2D eigenvalue weighted by Gasteiger charge is -2.39. The minimum atomic E-state index is -0.750. The Labute approximate surface area is 187 Å². The highest BCUT2D eigenvalue weighted by atomic mass is 16.5. The average molecular weight is 434 g/mol. The van der Waals surface area contributed by atoms with Gasteiger partial charge in [0, 0.05) is 37.3 Å². The minimum absolute atomic E-state index is 0.121. The van der Waals surface area contributed by atoms with Gasteiger partial charge in [-0.3, -0.25) is 14.6 Å². The molecule has 32 heavy (non-hydrogen) atoms. The zero-order chi connectivity index (χ0) is 22.6. The molecule has 0 atom stereocenters. The topological polar surface area (TPSA) is 85.5 Å². The fourth-order valence-corrected chi connectivity index (χ4v) is 4.20. The van der Waals surface area contributed by atoms with Crippen LogP contribution in [0, 0.1) is 12.3 Å². The molecule has 166 valence electrons. The normalized spacial score (nSPS) is 15.4. The molecule has 1 fully saturated rings. The second-order valence-corrected chi connectivity index (χ2v) is 8.23. The first-order valence-electron chi connectivity index (χ1n) is 10.9. The summed E-state index contributed by atoms with van der Waals surface area (Å²) >= 11 is 0. The summed E-state index contributed by atoms with van der Waals surface area (Å²) in [5.41, 5.74) is 2.51. The van der Waals surface area contributed by atoms with Gasteiger partial charge in [-0.25, -0.2) is 0 Å². The van der Waals surface area contributed by atoms with Crippen molar-refractivity contribution in [1.82, 2.24) is 15.0 Å². The zero-order valence-electron chi connectivity index (χ0n) is 18.4. The maximum absolute atomic E-state index is 13.0. The van der Waals surface area contributed by atoms with Crippen molar-refractivity contribution in [3.63, 3.8) is 0 Å². The summed E-state index contributed by atoms with van der Waals surface area (Å²) in [5.74, 6) is 0.266. The third kappa shape index (κ3) is 4.56. The molecule has 0 spiro atoms. The van der Waals surface area contributed by atoms with Crippen molar-refractivity contribution in [2.45, 2.75) is 33.1 Å². The molecule has 1 aliphatic heterocycles. The van der Waals surface area contributed by atoms with Crippen LogP contribution >= 0.6 is 0 Å². The Morgan fingerprint density at radius 2 is 1.94 bits per heavy atom. The SMILES string of the molecule is CCOC(=O)C1(Cc2cc(-c3cccc(C)c3)no2)CCN(C(=O)c2ccccn2)CC1. The summed E-state index contributed by atoms with van der Waals surface area (Å²) in [4.78, 5) is 31.7. The van der Waals surface area contributed by atoms with Crippen LogP contribution in [0.1, 0.15) is 41.6 Å². The number of amides is 1. The predicted molar refractivity (Wildman–Crippen MR) is 119 cm³/mol. The van der Waals surface area contributed by atoms with Gasteiger partial charge < -0.3 is 14.2 Å². The van der Waals surface area contributed by atoms with Crippen LogP contribution in [0.5, 0.6) is 0 Å². The fraction of sp³-hybridized carbons (Fsp3) is 0.360. The molecule has 0 radical (unpaired) electrons. The third-order valence-corrected chi connectivity index (χ3v) is 5.99. The number of ether oxygens (including phenoxy) is 1. The number of pyridine rings is 1. The van der Waals surface area contributed by atoms with Crippen molar-refractivity contribution in [1.29, 1.82) is 0 Å². The number of piperidine rings is 1. The first-order chi connectivity index (χ1) is 15.5. The molecular formula is C25H27N3O4. The van der Waals surface area contributed by atoms with E-state index in [4.69, 9.17) is 9.26 Å². The Hall–Kier alpha value is -3.48. The van der Waals surface area contributed by atoms with Crippen LogP contribution in [0.2, 0.25) is 0 Å². The second kappa shape index (κ2) is 9.34. The predicted octanol–water partition coefficient (Wildman–Crippen LogP) is 4.07. The fourth-order valence-electron chi connectivity index (χ4n) is 4.20. The Bertz CT molecular complexity index is 1090. The van der Waals surface area contributed by atoms with Crippen LogP contribution in [0.3, 0.4) is 0 Å². The van der Waals surface area contributed by atoms with Crippen LogP contribution in [0.15, 0.2) is 59.3 Å². The zero-order valence-corrected chi connectivity index (χ0v) is 18.4. The number of benzene rings is 1. The Morgan fingerprint density at radius 3 is 2.62 bits per heavy atom. The molecule has 2 aromatic heterocycles. The number of hydrogen-bond acceptors (Lipinski definition) is 6. The summed E-state index contributed by atoms with van der Waals surface area (Å²) in [6.45, 7) is 5.04. The van der Waals surface area contributed by atoms with Gasteiger partial charge in [0.2, 0.25) is 0 Å². The highest BCUT2D eigenvalue weighted by Gasteiger charge is 2.44. The number of hydrogen-bond donors (Lipinski definition) is 0. The molecule has 1 amide bonds. The van der Waals surface area contributed by atoms with Crippen LogP contribution in [0.4, 0.5) is 0 Å². The van der Waals surface area contributed by atoms with E-state index in [1.807, 2.05) is 37.3 Å². The first kappa shape index (κ1) is 21.7. The van der Waals surface area contributed by atoms with Crippen molar-refractivity contribution in [2.24, 2.45) is 5.41 Å². The first-order valence-corrected chi connectivity index (χ1v) is 10.9. The van der Waals surface area contributed by atoms with E-state index in [-0.39, 0.29) is 11.9 Å². The average Bonchev–Trinajstić information content (AvgIpc) is 3.28. The maximum Gasteiger partial charge on any atom is 0.312 e. The summed E-state index contributed by atoms with van der Waals surface area (Å²) in [5, 5.41) is 4.21. The quantitative estimate of drug-likeness (QED) is 0.545. The summed E-state index contributed by atoms with van der Waals surface area (Å²) in [6.07, 6.45) is 2.97.